The lowest BCUT2D eigenvalue weighted by atomic mass is 9.77. The number of hydrogen-bond donors (Lipinski definition) is 1. The zero-order valence-corrected chi connectivity index (χ0v) is 12.1. The average molecular weight is 282 g/mol. The van der Waals surface area contributed by atoms with Gasteiger partial charge in [-0.05, 0) is 63.2 Å². The Bertz CT molecular complexity index is 312. The third-order valence-corrected chi connectivity index (χ3v) is 5.22. The first-order valence-electron chi connectivity index (χ1n) is 8.01. The summed E-state index contributed by atoms with van der Waals surface area (Å²) in [7, 11) is 0. The molecule has 0 aromatic carbocycles. The van der Waals surface area contributed by atoms with E-state index >= 15 is 0 Å². The summed E-state index contributed by atoms with van der Waals surface area (Å²) >= 11 is 0. The van der Waals surface area contributed by atoms with E-state index in [1.165, 1.54) is 25.7 Å². The van der Waals surface area contributed by atoms with E-state index in [9.17, 15) is 9.59 Å². The summed E-state index contributed by atoms with van der Waals surface area (Å²) in [5, 5.41) is 8.99. The number of rotatable bonds is 6. The SMILES string of the molecule is O=COC1CCC(CCC2CCC(C(=O)O)CC2)CC1. The number of carbonyl (C=O) groups is 2. The largest absolute Gasteiger partial charge is 0.481 e. The molecule has 20 heavy (non-hydrogen) atoms. The molecule has 4 heteroatoms. The van der Waals surface area contributed by atoms with Gasteiger partial charge in [0.1, 0.15) is 6.10 Å². The molecule has 0 saturated heterocycles. The minimum Gasteiger partial charge on any atom is -0.481 e. The molecule has 2 aliphatic rings. The number of hydrogen-bond acceptors (Lipinski definition) is 3. The molecule has 0 bridgehead atoms. The quantitative estimate of drug-likeness (QED) is 0.758. The highest BCUT2D eigenvalue weighted by Crippen LogP contribution is 2.35. The van der Waals surface area contributed by atoms with Crippen molar-refractivity contribution in [1.29, 1.82) is 0 Å². The van der Waals surface area contributed by atoms with Crippen LogP contribution in [0.2, 0.25) is 0 Å². The van der Waals surface area contributed by atoms with Crippen LogP contribution < -0.4 is 0 Å². The summed E-state index contributed by atoms with van der Waals surface area (Å²) in [6.07, 6.45) is 10.9. The van der Waals surface area contributed by atoms with Crippen molar-refractivity contribution >= 4 is 12.4 Å². The molecular formula is C16H26O4. The molecule has 0 aromatic rings. The maximum absolute atomic E-state index is 10.9. The van der Waals surface area contributed by atoms with Crippen LogP contribution in [0.15, 0.2) is 0 Å². The Labute approximate surface area is 120 Å². The summed E-state index contributed by atoms with van der Waals surface area (Å²) < 4.78 is 5.02. The average Bonchev–Trinajstić information content (AvgIpc) is 2.47. The first-order valence-corrected chi connectivity index (χ1v) is 8.01. The van der Waals surface area contributed by atoms with E-state index < -0.39 is 5.97 Å². The molecule has 2 rings (SSSR count). The molecule has 0 aliphatic heterocycles. The van der Waals surface area contributed by atoms with Crippen LogP contribution in [0.25, 0.3) is 0 Å². The van der Waals surface area contributed by atoms with E-state index in [0.29, 0.717) is 6.47 Å². The second kappa shape index (κ2) is 7.65. The van der Waals surface area contributed by atoms with E-state index in [1.807, 2.05) is 0 Å². The minimum absolute atomic E-state index is 0.0952. The molecule has 0 amide bonds. The van der Waals surface area contributed by atoms with Gasteiger partial charge in [-0.2, -0.15) is 0 Å². The van der Waals surface area contributed by atoms with Crippen molar-refractivity contribution in [3.8, 4) is 0 Å². The van der Waals surface area contributed by atoms with Gasteiger partial charge < -0.3 is 9.84 Å². The van der Waals surface area contributed by atoms with Crippen molar-refractivity contribution in [2.24, 2.45) is 17.8 Å². The number of carbonyl (C=O) groups excluding carboxylic acids is 1. The van der Waals surface area contributed by atoms with Crippen molar-refractivity contribution in [2.75, 3.05) is 0 Å². The van der Waals surface area contributed by atoms with Crippen molar-refractivity contribution in [3.05, 3.63) is 0 Å². The maximum Gasteiger partial charge on any atom is 0.306 e. The number of ether oxygens (including phenoxy) is 1. The van der Waals surface area contributed by atoms with Crippen LogP contribution in [0.1, 0.15) is 64.2 Å². The topological polar surface area (TPSA) is 63.6 Å². The van der Waals surface area contributed by atoms with Gasteiger partial charge in [-0.15, -0.1) is 0 Å². The van der Waals surface area contributed by atoms with Crippen LogP contribution >= 0.6 is 0 Å². The monoisotopic (exact) mass is 282 g/mol. The van der Waals surface area contributed by atoms with Gasteiger partial charge in [-0.3, -0.25) is 9.59 Å². The number of carboxylic acid groups (broad SMARTS) is 1. The van der Waals surface area contributed by atoms with Crippen molar-refractivity contribution in [1.82, 2.24) is 0 Å². The van der Waals surface area contributed by atoms with Gasteiger partial charge in [0.2, 0.25) is 0 Å². The summed E-state index contributed by atoms with van der Waals surface area (Å²) in [5.74, 6) is 0.798. The van der Waals surface area contributed by atoms with Crippen molar-refractivity contribution in [2.45, 2.75) is 70.3 Å². The van der Waals surface area contributed by atoms with E-state index in [-0.39, 0.29) is 12.0 Å². The lowest BCUT2D eigenvalue weighted by molar-refractivity contribution is -0.143. The van der Waals surface area contributed by atoms with Crippen molar-refractivity contribution < 1.29 is 19.4 Å². The highest BCUT2D eigenvalue weighted by atomic mass is 16.5. The van der Waals surface area contributed by atoms with E-state index in [1.54, 1.807) is 0 Å². The Balaban J connectivity index is 1.60. The smallest absolute Gasteiger partial charge is 0.306 e. The molecule has 2 fully saturated rings. The zero-order chi connectivity index (χ0) is 14.4. The van der Waals surface area contributed by atoms with Crippen LogP contribution in [0.3, 0.4) is 0 Å². The molecule has 114 valence electrons. The Hall–Kier alpha value is -1.06. The predicted molar refractivity (Wildman–Crippen MR) is 75.2 cm³/mol. The molecule has 1 N–H and O–H groups in total. The standard InChI is InChI=1S/C16H26O4/c17-11-20-15-9-5-13(6-10-15)2-1-12-3-7-14(8-4-12)16(18)19/h11-15H,1-10H2,(H,18,19). The first-order chi connectivity index (χ1) is 9.69. The number of aliphatic carboxylic acids is 1. The van der Waals surface area contributed by atoms with Gasteiger partial charge >= 0.3 is 5.97 Å². The van der Waals surface area contributed by atoms with E-state index in [2.05, 4.69) is 0 Å². The van der Waals surface area contributed by atoms with Gasteiger partial charge in [0.05, 0.1) is 5.92 Å². The molecule has 0 heterocycles. The fourth-order valence-electron chi connectivity index (χ4n) is 3.80. The molecule has 2 aliphatic carbocycles. The molecule has 0 unspecified atom stereocenters. The summed E-state index contributed by atoms with van der Waals surface area (Å²) in [5.41, 5.74) is 0. The Morgan fingerprint density at radius 2 is 1.45 bits per heavy atom. The fraction of sp³-hybridized carbons (Fsp3) is 0.875. The van der Waals surface area contributed by atoms with Crippen LogP contribution in [-0.4, -0.2) is 23.7 Å². The second-order valence-corrected chi connectivity index (χ2v) is 6.51. The summed E-state index contributed by atoms with van der Waals surface area (Å²) in [6, 6.07) is 0. The van der Waals surface area contributed by atoms with Gasteiger partial charge in [-0.25, -0.2) is 0 Å². The van der Waals surface area contributed by atoms with Crippen LogP contribution in [0.5, 0.6) is 0 Å². The lowest BCUT2D eigenvalue weighted by Crippen LogP contribution is -2.23. The number of carboxylic acids is 1. The Morgan fingerprint density at radius 1 is 0.950 bits per heavy atom. The van der Waals surface area contributed by atoms with Gasteiger partial charge in [-0.1, -0.05) is 12.8 Å². The molecule has 0 atom stereocenters. The molecule has 0 spiro atoms. The fourth-order valence-corrected chi connectivity index (χ4v) is 3.80. The summed E-state index contributed by atoms with van der Waals surface area (Å²) in [4.78, 5) is 21.2. The Kier molecular flexibility index (Phi) is 5.86. The normalized spacial score (nSPS) is 34.4. The maximum atomic E-state index is 10.9. The highest BCUT2D eigenvalue weighted by Gasteiger charge is 2.27. The van der Waals surface area contributed by atoms with Crippen LogP contribution in [0.4, 0.5) is 0 Å². The first kappa shape index (κ1) is 15.3. The Morgan fingerprint density at radius 3 is 1.90 bits per heavy atom. The zero-order valence-electron chi connectivity index (χ0n) is 12.1. The molecular weight excluding hydrogens is 256 g/mol. The van der Waals surface area contributed by atoms with E-state index in [4.69, 9.17) is 9.84 Å². The third-order valence-electron chi connectivity index (χ3n) is 5.22. The molecule has 0 aromatic heterocycles. The highest BCUT2D eigenvalue weighted by molar-refractivity contribution is 5.69. The minimum atomic E-state index is -0.614. The molecule has 0 radical (unpaired) electrons. The van der Waals surface area contributed by atoms with Crippen LogP contribution in [-0.2, 0) is 14.3 Å². The predicted octanol–water partition coefficient (Wildman–Crippen LogP) is 3.39. The molecule has 2 saturated carbocycles. The van der Waals surface area contributed by atoms with Crippen molar-refractivity contribution in [3.63, 3.8) is 0 Å². The molecule has 4 nitrogen and oxygen atoms in total. The summed E-state index contributed by atoms with van der Waals surface area (Å²) in [6.45, 7) is 0.575. The second-order valence-electron chi connectivity index (χ2n) is 6.51. The van der Waals surface area contributed by atoms with Gasteiger partial charge in [0.25, 0.3) is 6.47 Å². The van der Waals surface area contributed by atoms with Gasteiger partial charge in [0, 0.05) is 0 Å². The third kappa shape index (κ3) is 4.50. The van der Waals surface area contributed by atoms with Crippen LogP contribution in [0, 0.1) is 17.8 Å². The van der Waals surface area contributed by atoms with Gasteiger partial charge in [0.15, 0.2) is 0 Å². The van der Waals surface area contributed by atoms with E-state index in [0.717, 1.165) is 50.4 Å². The lowest BCUT2D eigenvalue weighted by Gasteiger charge is -2.30.